The number of aryl methyl sites for hydroxylation is 1. The number of hydrogen-bond donors (Lipinski definition) is 1. The molecule has 2 aliphatic rings. The number of thiazole rings is 1. The highest BCUT2D eigenvalue weighted by molar-refractivity contribution is 7.09. The van der Waals surface area contributed by atoms with Crippen molar-refractivity contribution >= 4 is 11.3 Å². The van der Waals surface area contributed by atoms with Gasteiger partial charge in [0.05, 0.1) is 22.9 Å². The van der Waals surface area contributed by atoms with Gasteiger partial charge < -0.3 is 10.5 Å². The lowest BCUT2D eigenvalue weighted by molar-refractivity contribution is 0.0633. The number of aromatic nitrogens is 1. The molecule has 88 valence electrons. The van der Waals surface area contributed by atoms with E-state index in [9.17, 15) is 0 Å². The Balaban J connectivity index is 1.81. The molecule has 3 nitrogen and oxygen atoms in total. The molecule has 2 saturated heterocycles. The Morgan fingerprint density at radius 3 is 3.00 bits per heavy atom. The summed E-state index contributed by atoms with van der Waals surface area (Å²) in [4.78, 5) is 4.56. The fraction of sp³-hybridized carbons (Fsp3) is 0.750. The van der Waals surface area contributed by atoms with Crippen LogP contribution in [0.2, 0.25) is 0 Å². The van der Waals surface area contributed by atoms with Gasteiger partial charge in [0.1, 0.15) is 0 Å². The molecule has 16 heavy (non-hydrogen) atoms. The van der Waals surface area contributed by atoms with Gasteiger partial charge in [-0.15, -0.1) is 11.3 Å². The van der Waals surface area contributed by atoms with Gasteiger partial charge in [-0.1, -0.05) is 0 Å². The molecule has 4 heteroatoms. The van der Waals surface area contributed by atoms with Crippen molar-refractivity contribution in [2.45, 2.75) is 44.8 Å². The molecule has 0 amide bonds. The first-order chi connectivity index (χ1) is 7.72. The van der Waals surface area contributed by atoms with Crippen LogP contribution in [0.4, 0.5) is 0 Å². The van der Waals surface area contributed by atoms with E-state index < -0.39 is 0 Å². The molecular weight excluding hydrogens is 220 g/mol. The zero-order valence-corrected chi connectivity index (χ0v) is 10.4. The highest BCUT2D eigenvalue weighted by Gasteiger charge is 2.51. The summed E-state index contributed by atoms with van der Waals surface area (Å²) in [5.41, 5.74) is 7.37. The van der Waals surface area contributed by atoms with Crippen molar-refractivity contribution in [3.63, 3.8) is 0 Å². The number of nitrogens with zero attached hydrogens (tertiary/aromatic N) is 1. The molecule has 0 aromatic carbocycles. The van der Waals surface area contributed by atoms with Crippen LogP contribution in [-0.4, -0.2) is 23.7 Å². The number of fused-ring (bicyclic) bond motifs is 2. The maximum Gasteiger partial charge on any atom is 0.0897 e. The Kier molecular flexibility index (Phi) is 2.53. The van der Waals surface area contributed by atoms with Gasteiger partial charge >= 0.3 is 0 Å². The van der Waals surface area contributed by atoms with Crippen molar-refractivity contribution in [2.24, 2.45) is 11.1 Å². The van der Waals surface area contributed by atoms with Crippen molar-refractivity contribution in [3.8, 4) is 0 Å². The van der Waals surface area contributed by atoms with E-state index in [0.717, 1.165) is 24.4 Å². The summed E-state index contributed by atoms with van der Waals surface area (Å²) in [5.74, 6) is 0. The van der Waals surface area contributed by atoms with Gasteiger partial charge in [-0.2, -0.15) is 0 Å². The molecule has 3 rings (SSSR count). The van der Waals surface area contributed by atoms with Gasteiger partial charge in [-0.3, -0.25) is 0 Å². The average Bonchev–Trinajstić information content (AvgIpc) is 2.94. The zero-order valence-electron chi connectivity index (χ0n) is 9.61. The van der Waals surface area contributed by atoms with E-state index in [-0.39, 0.29) is 5.41 Å². The van der Waals surface area contributed by atoms with Crippen LogP contribution in [0.25, 0.3) is 0 Å². The van der Waals surface area contributed by atoms with Crippen molar-refractivity contribution in [1.29, 1.82) is 0 Å². The molecule has 1 aromatic rings. The summed E-state index contributed by atoms with van der Waals surface area (Å²) < 4.78 is 5.95. The van der Waals surface area contributed by atoms with Gasteiger partial charge in [-0.05, 0) is 32.6 Å². The molecule has 0 radical (unpaired) electrons. The summed E-state index contributed by atoms with van der Waals surface area (Å²) in [6.07, 6.45) is 5.38. The van der Waals surface area contributed by atoms with E-state index in [1.165, 1.54) is 18.5 Å². The van der Waals surface area contributed by atoms with Crippen molar-refractivity contribution in [1.82, 2.24) is 4.98 Å². The summed E-state index contributed by atoms with van der Waals surface area (Å²) >= 11 is 1.72. The second-order valence-electron chi connectivity index (χ2n) is 5.13. The second kappa shape index (κ2) is 3.79. The lowest BCUT2D eigenvalue weighted by atomic mass is 9.71. The molecule has 0 spiro atoms. The maximum absolute atomic E-state index is 6.01. The summed E-state index contributed by atoms with van der Waals surface area (Å²) in [6.45, 7) is 2.78. The minimum absolute atomic E-state index is 0.170. The smallest absolute Gasteiger partial charge is 0.0897 e. The van der Waals surface area contributed by atoms with Crippen LogP contribution < -0.4 is 5.73 Å². The molecule has 0 aliphatic carbocycles. The van der Waals surface area contributed by atoms with Gasteiger partial charge in [0.15, 0.2) is 0 Å². The molecule has 2 aliphatic heterocycles. The average molecular weight is 238 g/mol. The third kappa shape index (κ3) is 1.60. The molecule has 2 fully saturated rings. The van der Waals surface area contributed by atoms with Crippen molar-refractivity contribution in [3.05, 3.63) is 16.1 Å². The monoisotopic (exact) mass is 238 g/mol. The van der Waals surface area contributed by atoms with Crippen LogP contribution in [0, 0.1) is 12.3 Å². The third-order valence-electron chi connectivity index (χ3n) is 4.03. The quantitative estimate of drug-likeness (QED) is 0.875. The number of hydrogen-bond acceptors (Lipinski definition) is 4. The number of nitrogens with two attached hydrogens (primary N) is 1. The minimum Gasteiger partial charge on any atom is -0.374 e. The van der Waals surface area contributed by atoms with E-state index in [0.29, 0.717) is 12.2 Å². The Bertz CT molecular complexity index is 392. The Morgan fingerprint density at radius 1 is 1.62 bits per heavy atom. The third-order valence-corrected chi connectivity index (χ3v) is 4.85. The number of rotatable bonds is 3. The molecule has 3 unspecified atom stereocenters. The molecule has 0 saturated carbocycles. The number of ether oxygens (including phenoxy) is 1. The lowest BCUT2D eigenvalue weighted by Gasteiger charge is -2.33. The van der Waals surface area contributed by atoms with Crippen molar-refractivity contribution in [2.75, 3.05) is 6.54 Å². The van der Waals surface area contributed by atoms with Crippen LogP contribution in [0.5, 0.6) is 0 Å². The molecule has 2 bridgehead atoms. The minimum atomic E-state index is 0.170. The largest absolute Gasteiger partial charge is 0.374 e. The predicted molar refractivity (Wildman–Crippen MR) is 64.6 cm³/mol. The van der Waals surface area contributed by atoms with Crippen LogP contribution in [-0.2, 0) is 11.2 Å². The topological polar surface area (TPSA) is 48.1 Å². The van der Waals surface area contributed by atoms with Gasteiger partial charge in [0, 0.05) is 17.3 Å². The first kappa shape index (κ1) is 10.7. The van der Waals surface area contributed by atoms with E-state index in [1.54, 1.807) is 11.3 Å². The second-order valence-corrected chi connectivity index (χ2v) is 6.19. The molecule has 3 atom stereocenters. The lowest BCUT2D eigenvalue weighted by Crippen LogP contribution is -2.41. The first-order valence-electron chi connectivity index (χ1n) is 5.98. The Labute approximate surface area is 100 Å². The molecular formula is C12H18N2OS. The van der Waals surface area contributed by atoms with Crippen LogP contribution in [0.3, 0.4) is 0 Å². The SMILES string of the molecule is Cc1nc(CC2(CN)CC3CCC2O3)cs1. The van der Waals surface area contributed by atoms with Crippen LogP contribution >= 0.6 is 11.3 Å². The highest BCUT2D eigenvalue weighted by atomic mass is 32.1. The van der Waals surface area contributed by atoms with Gasteiger partial charge in [0.25, 0.3) is 0 Å². The van der Waals surface area contributed by atoms with Crippen LogP contribution in [0.1, 0.15) is 30.0 Å². The van der Waals surface area contributed by atoms with Crippen LogP contribution in [0.15, 0.2) is 5.38 Å². The molecule has 3 heterocycles. The Hall–Kier alpha value is -0.450. The van der Waals surface area contributed by atoms with Gasteiger partial charge in [-0.25, -0.2) is 4.98 Å². The molecule has 1 aromatic heterocycles. The van der Waals surface area contributed by atoms with E-state index >= 15 is 0 Å². The van der Waals surface area contributed by atoms with Gasteiger partial charge in [0.2, 0.25) is 0 Å². The fourth-order valence-corrected chi connectivity index (χ4v) is 3.83. The maximum atomic E-state index is 6.01. The summed E-state index contributed by atoms with van der Waals surface area (Å²) in [6, 6.07) is 0. The first-order valence-corrected chi connectivity index (χ1v) is 6.86. The highest BCUT2D eigenvalue weighted by Crippen LogP contribution is 2.48. The Morgan fingerprint density at radius 2 is 2.50 bits per heavy atom. The summed E-state index contributed by atoms with van der Waals surface area (Å²) in [7, 11) is 0. The van der Waals surface area contributed by atoms with E-state index in [4.69, 9.17) is 10.5 Å². The summed E-state index contributed by atoms with van der Waals surface area (Å²) in [5, 5.41) is 3.31. The molecule has 2 N–H and O–H groups in total. The predicted octanol–water partition coefficient (Wildman–Crippen LogP) is 1.89. The van der Waals surface area contributed by atoms with Crippen molar-refractivity contribution < 1.29 is 4.74 Å². The zero-order chi connectivity index (χ0) is 11.2. The standard InChI is InChI=1S/C12H18N2OS/c1-8-14-9(6-16-8)4-12(7-13)5-10-2-3-11(12)15-10/h6,10-11H,2-5,7,13H2,1H3. The van der Waals surface area contributed by atoms with E-state index in [1.807, 2.05) is 0 Å². The normalized spacial score (nSPS) is 37.1. The fourth-order valence-electron chi connectivity index (χ4n) is 3.21. The van der Waals surface area contributed by atoms with E-state index in [2.05, 4.69) is 17.3 Å².